The topological polar surface area (TPSA) is 9.23 Å². The SMILES string of the molecule is CSc1ccccc1O[Si](C)(C)C. The maximum atomic E-state index is 5.94. The van der Waals surface area contributed by atoms with Gasteiger partial charge in [-0.25, -0.2) is 0 Å². The molecule has 3 heteroatoms. The molecule has 0 aliphatic rings. The molecular weight excluding hydrogens is 196 g/mol. The third kappa shape index (κ3) is 3.44. The van der Waals surface area contributed by atoms with Gasteiger partial charge in [-0.05, 0) is 38.0 Å². The monoisotopic (exact) mass is 212 g/mol. The average molecular weight is 212 g/mol. The molecular formula is C10H16OSSi. The lowest BCUT2D eigenvalue weighted by atomic mass is 10.3. The maximum Gasteiger partial charge on any atom is 0.242 e. The van der Waals surface area contributed by atoms with Gasteiger partial charge in [-0.1, -0.05) is 12.1 Å². The van der Waals surface area contributed by atoms with Gasteiger partial charge in [-0.2, -0.15) is 0 Å². The van der Waals surface area contributed by atoms with Gasteiger partial charge in [0, 0.05) is 4.90 Å². The number of hydrogen-bond donors (Lipinski definition) is 0. The standard InChI is InChI=1S/C10H16OSSi/c1-12-10-8-6-5-7-9(10)11-13(2,3)4/h5-8H,1-4H3. The normalized spacial score (nSPS) is 11.4. The van der Waals surface area contributed by atoms with Gasteiger partial charge in [0.15, 0.2) is 0 Å². The fourth-order valence-corrected chi connectivity index (χ4v) is 2.47. The third-order valence-electron chi connectivity index (χ3n) is 1.49. The molecule has 0 bridgehead atoms. The lowest BCUT2D eigenvalue weighted by Gasteiger charge is -2.20. The first-order valence-corrected chi connectivity index (χ1v) is 8.98. The number of thioether (sulfide) groups is 1. The molecule has 0 aliphatic carbocycles. The fraction of sp³-hybridized carbons (Fsp3) is 0.400. The lowest BCUT2D eigenvalue weighted by Crippen LogP contribution is -2.29. The molecule has 1 rings (SSSR count). The van der Waals surface area contributed by atoms with E-state index in [4.69, 9.17) is 4.43 Å². The van der Waals surface area contributed by atoms with E-state index in [0.29, 0.717) is 0 Å². The molecule has 0 amide bonds. The van der Waals surface area contributed by atoms with E-state index < -0.39 is 8.32 Å². The van der Waals surface area contributed by atoms with Crippen molar-refractivity contribution >= 4 is 20.1 Å². The molecule has 0 N–H and O–H groups in total. The summed E-state index contributed by atoms with van der Waals surface area (Å²) in [5.74, 6) is 1.04. The van der Waals surface area contributed by atoms with Crippen LogP contribution >= 0.6 is 11.8 Å². The van der Waals surface area contributed by atoms with E-state index in [1.165, 1.54) is 4.90 Å². The summed E-state index contributed by atoms with van der Waals surface area (Å²) in [4.78, 5) is 1.23. The Morgan fingerprint density at radius 1 is 1.15 bits per heavy atom. The van der Waals surface area contributed by atoms with Crippen LogP contribution in [0.2, 0.25) is 19.6 Å². The Morgan fingerprint density at radius 3 is 2.31 bits per heavy atom. The number of hydrogen-bond acceptors (Lipinski definition) is 2. The predicted octanol–water partition coefficient (Wildman–Crippen LogP) is 3.62. The Balaban J connectivity index is 2.87. The van der Waals surface area contributed by atoms with Crippen LogP contribution in [0, 0.1) is 0 Å². The second-order valence-corrected chi connectivity index (χ2v) is 9.14. The summed E-state index contributed by atoms with van der Waals surface area (Å²) >= 11 is 1.73. The Kier molecular flexibility index (Phi) is 3.45. The highest BCUT2D eigenvalue weighted by Gasteiger charge is 2.17. The second-order valence-electron chi connectivity index (χ2n) is 3.87. The Bertz CT molecular complexity index is 280. The highest BCUT2D eigenvalue weighted by atomic mass is 32.2. The molecule has 0 unspecified atom stereocenters. The summed E-state index contributed by atoms with van der Waals surface area (Å²) in [7, 11) is -1.46. The molecule has 0 radical (unpaired) electrons. The zero-order valence-electron chi connectivity index (χ0n) is 8.63. The van der Waals surface area contributed by atoms with Crippen LogP contribution in [0.5, 0.6) is 5.75 Å². The molecule has 1 aromatic rings. The van der Waals surface area contributed by atoms with Crippen molar-refractivity contribution in [1.29, 1.82) is 0 Å². The van der Waals surface area contributed by atoms with Gasteiger partial charge in [0.1, 0.15) is 5.75 Å². The van der Waals surface area contributed by atoms with Crippen LogP contribution in [0.1, 0.15) is 0 Å². The molecule has 1 nitrogen and oxygen atoms in total. The number of para-hydroxylation sites is 1. The Hall–Kier alpha value is -0.413. The van der Waals surface area contributed by atoms with E-state index in [1.807, 2.05) is 18.2 Å². The van der Waals surface area contributed by atoms with Crippen molar-refractivity contribution in [3.63, 3.8) is 0 Å². The fourth-order valence-electron chi connectivity index (χ4n) is 1.03. The zero-order valence-corrected chi connectivity index (χ0v) is 10.4. The smallest absolute Gasteiger partial charge is 0.242 e. The van der Waals surface area contributed by atoms with Crippen molar-refractivity contribution in [3.8, 4) is 5.75 Å². The van der Waals surface area contributed by atoms with Gasteiger partial charge in [0.05, 0.1) is 0 Å². The van der Waals surface area contributed by atoms with Crippen LogP contribution in [-0.2, 0) is 0 Å². The lowest BCUT2D eigenvalue weighted by molar-refractivity contribution is 0.544. The molecule has 0 saturated heterocycles. The van der Waals surface area contributed by atoms with Crippen LogP contribution in [0.3, 0.4) is 0 Å². The first-order chi connectivity index (χ1) is 6.03. The summed E-state index contributed by atoms with van der Waals surface area (Å²) < 4.78 is 5.94. The van der Waals surface area contributed by atoms with E-state index in [1.54, 1.807) is 11.8 Å². The summed E-state index contributed by atoms with van der Waals surface area (Å²) in [6.07, 6.45) is 2.08. The van der Waals surface area contributed by atoms with Gasteiger partial charge >= 0.3 is 0 Å². The largest absolute Gasteiger partial charge is 0.544 e. The van der Waals surface area contributed by atoms with E-state index >= 15 is 0 Å². The van der Waals surface area contributed by atoms with E-state index in [-0.39, 0.29) is 0 Å². The average Bonchev–Trinajstić information content (AvgIpc) is 2.02. The van der Waals surface area contributed by atoms with Gasteiger partial charge in [-0.3, -0.25) is 0 Å². The summed E-state index contributed by atoms with van der Waals surface area (Å²) in [5.41, 5.74) is 0. The van der Waals surface area contributed by atoms with Crippen LogP contribution in [0.15, 0.2) is 29.2 Å². The second kappa shape index (κ2) is 4.20. The van der Waals surface area contributed by atoms with E-state index in [2.05, 4.69) is 32.0 Å². The van der Waals surface area contributed by atoms with E-state index in [9.17, 15) is 0 Å². The highest BCUT2D eigenvalue weighted by Crippen LogP contribution is 2.28. The summed E-state index contributed by atoms with van der Waals surface area (Å²) in [6.45, 7) is 6.60. The van der Waals surface area contributed by atoms with Crippen molar-refractivity contribution in [2.24, 2.45) is 0 Å². The van der Waals surface area contributed by atoms with Crippen LogP contribution in [-0.4, -0.2) is 14.6 Å². The van der Waals surface area contributed by atoms with Gasteiger partial charge in [0.25, 0.3) is 0 Å². The van der Waals surface area contributed by atoms with Crippen molar-refractivity contribution in [2.75, 3.05) is 6.26 Å². The Morgan fingerprint density at radius 2 is 1.77 bits per heavy atom. The van der Waals surface area contributed by atoms with Gasteiger partial charge in [0.2, 0.25) is 8.32 Å². The van der Waals surface area contributed by atoms with Crippen molar-refractivity contribution < 1.29 is 4.43 Å². The molecule has 0 spiro atoms. The maximum absolute atomic E-state index is 5.94. The molecule has 0 heterocycles. The van der Waals surface area contributed by atoms with Crippen LogP contribution in [0.25, 0.3) is 0 Å². The van der Waals surface area contributed by atoms with Gasteiger partial charge in [-0.15, -0.1) is 11.8 Å². The number of rotatable bonds is 3. The molecule has 0 atom stereocenters. The molecule has 0 aromatic heterocycles. The molecule has 0 saturated carbocycles. The zero-order chi connectivity index (χ0) is 9.90. The van der Waals surface area contributed by atoms with Crippen molar-refractivity contribution in [1.82, 2.24) is 0 Å². The minimum absolute atomic E-state index is 1.04. The number of benzene rings is 1. The summed E-state index contributed by atoms with van der Waals surface area (Å²) in [5, 5.41) is 0. The third-order valence-corrected chi connectivity index (χ3v) is 3.09. The molecule has 0 fully saturated rings. The quantitative estimate of drug-likeness (QED) is 0.559. The minimum Gasteiger partial charge on any atom is -0.544 e. The van der Waals surface area contributed by atoms with E-state index in [0.717, 1.165) is 5.75 Å². The van der Waals surface area contributed by atoms with Crippen LogP contribution < -0.4 is 4.43 Å². The Labute approximate surface area is 85.6 Å². The molecule has 72 valence electrons. The summed E-state index contributed by atoms with van der Waals surface area (Å²) in [6, 6.07) is 8.21. The molecule has 0 aliphatic heterocycles. The predicted molar refractivity (Wildman–Crippen MR) is 62.2 cm³/mol. The van der Waals surface area contributed by atoms with Crippen molar-refractivity contribution in [2.45, 2.75) is 24.5 Å². The minimum atomic E-state index is -1.46. The molecule has 1 aromatic carbocycles. The first kappa shape index (κ1) is 10.7. The van der Waals surface area contributed by atoms with Gasteiger partial charge < -0.3 is 4.43 Å². The van der Waals surface area contributed by atoms with Crippen molar-refractivity contribution in [3.05, 3.63) is 24.3 Å². The molecule has 13 heavy (non-hydrogen) atoms. The first-order valence-electron chi connectivity index (χ1n) is 4.35. The highest BCUT2D eigenvalue weighted by molar-refractivity contribution is 7.98. The van der Waals surface area contributed by atoms with Crippen LogP contribution in [0.4, 0.5) is 0 Å².